The predicted molar refractivity (Wildman–Crippen MR) is 106 cm³/mol. The van der Waals surface area contributed by atoms with Gasteiger partial charge in [-0.1, -0.05) is 43.8 Å². The number of pyridine rings is 1. The standard InChI is InChI=1S/C22H26N4/c1-4-19-8-10-20(11-9-19)15-25(16-21-7-6-12-23-13-21)17-22-14-24-26(5-2)18(22)3/h5-14H,2,4,15-17H2,1,3H3. The first-order valence-electron chi connectivity index (χ1n) is 9.04. The van der Waals surface area contributed by atoms with E-state index in [0.29, 0.717) is 0 Å². The smallest absolute Gasteiger partial charge is 0.0541 e. The Kier molecular flexibility index (Phi) is 5.97. The zero-order valence-electron chi connectivity index (χ0n) is 15.6. The molecule has 0 aliphatic heterocycles. The number of hydrogen-bond donors (Lipinski definition) is 0. The molecule has 0 unspecified atom stereocenters. The number of benzene rings is 1. The third-order valence-electron chi connectivity index (χ3n) is 4.68. The third kappa shape index (κ3) is 4.46. The molecule has 3 aromatic rings. The second-order valence-electron chi connectivity index (χ2n) is 6.56. The maximum Gasteiger partial charge on any atom is 0.0541 e. The average molecular weight is 346 g/mol. The summed E-state index contributed by atoms with van der Waals surface area (Å²) in [5.41, 5.74) is 6.26. The molecule has 26 heavy (non-hydrogen) atoms. The van der Waals surface area contributed by atoms with E-state index >= 15 is 0 Å². The molecule has 0 atom stereocenters. The molecule has 0 aliphatic rings. The van der Waals surface area contributed by atoms with E-state index in [-0.39, 0.29) is 0 Å². The summed E-state index contributed by atoms with van der Waals surface area (Å²) in [4.78, 5) is 6.68. The van der Waals surface area contributed by atoms with Crippen LogP contribution < -0.4 is 0 Å². The first-order valence-corrected chi connectivity index (χ1v) is 9.04. The molecule has 4 nitrogen and oxygen atoms in total. The van der Waals surface area contributed by atoms with Crippen LogP contribution in [0.4, 0.5) is 0 Å². The number of nitrogens with zero attached hydrogens (tertiary/aromatic N) is 4. The van der Waals surface area contributed by atoms with Crippen LogP contribution in [-0.2, 0) is 26.1 Å². The van der Waals surface area contributed by atoms with Crippen molar-refractivity contribution in [3.8, 4) is 0 Å². The largest absolute Gasteiger partial charge is 0.290 e. The Bertz CT molecular complexity index is 834. The van der Waals surface area contributed by atoms with Gasteiger partial charge in [-0.05, 0) is 36.1 Å². The Morgan fingerprint density at radius 3 is 2.35 bits per heavy atom. The quantitative estimate of drug-likeness (QED) is 0.604. The van der Waals surface area contributed by atoms with E-state index in [2.05, 4.69) is 65.7 Å². The summed E-state index contributed by atoms with van der Waals surface area (Å²) in [6.45, 7) is 10.7. The van der Waals surface area contributed by atoms with Crippen LogP contribution in [0.15, 0.2) is 61.6 Å². The number of aryl methyl sites for hydroxylation is 1. The molecule has 3 rings (SSSR count). The van der Waals surface area contributed by atoms with Gasteiger partial charge in [0.1, 0.15) is 0 Å². The SMILES string of the molecule is C=Cn1ncc(CN(Cc2ccc(CC)cc2)Cc2cccnc2)c1C. The van der Waals surface area contributed by atoms with E-state index in [1.54, 1.807) is 6.20 Å². The van der Waals surface area contributed by atoms with Gasteiger partial charge in [0.25, 0.3) is 0 Å². The highest BCUT2D eigenvalue weighted by atomic mass is 15.3. The van der Waals surface area contributed by atoms with Gasteiger partial charge in [-0.25, -0.2) is 4.68 Å². The van der Waals surface area contributed by atoms with Crippen molar-refractivity contribution < 1.29 is 0 Å². The van der Waals surface area contributed by atoms with Gasteiger partial charge in [0, 0.05) is 49.5 Å². The van der Waals surface area contributed by atoms with Gasteiger partial charge in [-0.2, -0.15) is 5.10 Å². The van der Waals surface area contributed by atoms with Gasteiger partial charge in [-0.3, -0.25) is 9.88 Å². The highest BCUT2D eigenvalue weighted by Gasteiger charge is 2.12. The van der Waals surface area contributed by atoms with E-state index in [1.807, 2.05) is 29.3 Å². The van der Waals surface area contributed by atoms with Crippen LogP contribution in [0.2, 0.25) is 0 Å². The van der Waals surface area contributed by atoms with Crippen LogP contribution in [0, 0.1) is 6.92 Å². The molecule has 0 radical (unpaired) electrons. The number of aromatic nitrogens is 3. The zero-order chi connectivity index (χ0) is 18.4. The van der Waals surface area contributed by atoms with Crippen LogP contribution >= 0.6 is 0 Å². The van der Waals surface area contributed by atoms with Gasteiger partial charge in [-0.15, -0.1) is 0 Å². The molecule has 0 N–H and O–H groups in total. The van der Waals surface area contributed by atoms with Gasteiger partial charge < -0.3 is 0 Å². The van der Waals surface area contributed by atoms with Crippen molar-refractivity contribution in [1.29, 1.82) is 0 Å². The molecule has 0 amide bonds. The summed E-state index contributed by atoms with van der Waals surface area (Å²) in [6, 6.07) is 13.0. The molecule has 134 valence electrons. The van der Waals surface area contributed by atoms with E-state index in [1.165, 1.54) is 22.3 Å². The molecule has 1 aromatic carbocycles. The minimum atomic E-state index is 0.837. The fraction of sp³-hybridized carbons (Fsp3) is 0.273. The van der Waals surface area contributed by atoms with Crippen molar-refractivity contribution in [1.82, 2.24) is 19.7 Å². The molecule has 4 heteroatoms. The molecule has 0 saturated carbocycles. The van der Waals surface area contributed by atoms with E-state index in [0.717, 1.165) is 31.7 Å². The van der Waals surface area contributed by atoms with E-state index in [9.17, 15) is 0 Å². The van der Waals surface area contributed by atoms with Crippen LogP contribution in [0.3, 0.4) is 0 Å². The molecule has 0 saturated heterocycles. The van der Waals surface area contributed by atoms with Crippen molar-refractivity contribution in [3.63, 3.8) is 0 Å². The summed E-state index contributed by atoms with van der Waals surface area (Å²) >= 11 is 0. The Hall–Kier alpha value is -2.72. The van der Waals surface area contributed by atoms with Gasteiger partial charge >= 0.3 is 0 Å². The average Bonchev–Trinajstić information content (AvgIpc) is 3.03. The Morgan fingerprint density at radius 2 is 1.73 bits per heavy atom. The monoisotopic (exact) mass is 346 g/mol. The van der Waals surface area contributed by atoms with E-state index < -0.39 is 0 Å². The summed E-state index contributed by atoms with van der Waals surface area (Å²) in [5.74, 6) is 0. The fourth-order valence-corrected chi connectivity index (χ4v) is 3.10. The van der Waals surface area contributed by atoms with Gasteiger partial charge in [0.05, 0.1) is 6.20 Å². The van der Waals surface area contributed by atoms with Crippen LogP contribution in [0.25, 0.3) is 6.20 Å². The predicted octanol–water partition coefficient (Wildman–Crippen LogP) is 4.45. The molecule has 0 fully saturated rings. The Morgan fingerprint density at radius 1 is 1.00 bits per heavy atom. The molecule has 2 heterocycles. The van der Waals surface area contributed by atoms with Crippen molar-refractivity contribution >= 4 is 6.20 Å². The Labute approximate surface area is 155 Å². The summed E-state index contributed by atoms with van der Waals surface area (Å²) < 4.78 is 1.83. The van der Waals surface area contributed by atoms with Gasteiger partial charge in [0.2, 0.25) is 0 Å². The fourth-order valence-electron chi connectivity index (χ4n) is 3.10. The normalized spacial score (nSPS) is 11.0. The lowest BCUT2D eigenvalue weighted by atomic mass is 10.1. The van der Waals surface area contributed by atoms with Crippen LogP contribution in [0.1, 0.15) is 34.9 Å². The molecule has 0 bridgehead atoms. The first-order chi connectivity index (χ1) is 12.7. The summed E-state index contributed by atoms with van der Waals surface area (Å²) in [5, 5.41) is 4.38. The summed E-state index contributed by atoms with van der Waals surface area (Å²) in [7, 11) is 0. The van der Waals surface area contributed by atoms with Crippen molar-refractivity contribution in [2.24, 2.45) is 0 Å². The van der Waals surface area contributed by atoms with Crippen molar-refractivity contribution in [2.45, 2.75) is 39.9 Å². The molecule has 0 aliphatic carbocycles. The lowest BCUT2D eigenvalue weighted by molar-refractivity contribution is 0.247. The maximum atomic E-state index is 4.38. The highest BCUT2D eigenvalue weighted by molar-refractivity contribution is 5.27. The lowest BCUT2D eigenvalue weighted by Gasteiger charge is -2.22. The van der Waals surface area contributed by atoms with Crippen LogP contribution in [0.5, 0.6) is 0 Å². The minimum Gasteiger partial charge on any atom is -0.290 e. The maximum absolute atomic E-state index is 4.38. The first kappa shape index (κ1) is 18.1. The Balaban J connectivity index is 1.80. The third-order valence-corrected chi connectivity index (χ3v) is 4.68. The second kappa shape index (κ2) is 8.59. The van der Waals surface area contributed by atoms with Crippen LogP contribution in [-0.4, -0.2) is 19.7 Å². The number of rotatable bonds is 8. The van der Waals surface area contributed by atoms with Gasteiger partial charge in [0.15, 0.2) is 0 Å². The zero-order valence-corrected chi connectivity index (χ0v) is 15.6. The topological polar surface area (TPSA) is 34.0 Å². The number of hydrogen-bond acceptors (Lipinski definition) is 3. The molecular formula is C22H26N4. The lowest BCUT2D eigenvalue weighted by Crippen LogP contribution is -2.22. The highest BCUT2D eigenvalue weighted by Crippen LogP contribution is 2.17. The summed E-state index contributed by atoms with van der Waals surface area (Å²) in [6.07, 6.45) is 8.50. The van der Waals surface area contributed by atoms with E-state index in [4.69, 9.17) is 0 Å². The minimum absolute atomic E-state index is 0.837. The molecular weight excluding hydrogens is 320 g/mol. The molecule has 0 spiro atoms. The van der Waals surface area contributed by atoms with Crippen molar-refractivity contribution in [3.05, 3.63) is 89.5 Å². The molecule has 2 aromatic heterocycles. The van der Waals surface area contributed by atoms with Crippen molar-refractivity contribution in [2.75, 3.05) is 0 Å². The second-order valence-corrected chi connectivity index (χ2v) is 6.56.